The van der Waals surface area contributed by atoms with Crippen molar-refractivity contribution < 1.29 is 14.4 Å². The summed E-state index contributed by atoms with van der Waals surface area (Å²) in [7, 11) is 0. The molecule has 17 heavy (non-hydrogen) atoms. The van der Waals surface area contributed by atoms with Crippen LogP contribution in [0.2, 0.25) is 5.02 Å². The van der Waals surface area contributed by atoms with Crippen molar-refractivity contribution in [2.24, 2.45) is 0 Å². The average molecular weight is 255 g/mol. The SMILES string of the molecule is Cc1nc(COc2ccc(CO)cc2Cl)no1. The molecule has 1 aromatic heterocycles. The molecule has 2 rings (SSSR count). The van der Waals surface area contributed by atoms with Crippen molar-refractivity contribution in [3.63, 3.8) is 0 Å². The highest BCUT2D eigenvalue weighted by atomic mass is 35.5. The first-order chi connectivity index (χ1) is 8.19. The van der Waals surface area contributed by atoms with E-state index in [-0.39, 0.29) is 13.2 Å². The van der Waals surface area contributed by atoms with Gasteiger partial charge in [0.05, 0.1) is 11.6 Å². The minimum Gasteiger partial charge on any atom is -0.484 e. The Morgan fingerprint density at radius 2 is 2.29 bits per heavy atom. The van der Waals surface area contributed by atoms with Crippen LogP contribution in [0.5, 0.6) is 5.75 Å². The Balaban J connectivity index is 2.04. The minimum atomic E-state index is -0.0516. The zero-order valence-corrected chi connectivity index (χ0v) is 9.94. The summed E-state index contributed by atoms with van der Waals surface area (Å²) in [6.07, 6.45) is 0. The largest absolute Gasteiger partial charge is 0.484 e. The molecule has 0 bridgehead atoms. The molecule has 1 heterocycles. The number of aliphatic hydroxyl groups excluding tert-OH is 1. The maximum Gasteiger partial charge on any atom is 0.223 e. The minimum absolute atomic E-state index is 0.0516. The number of hydrogen-bond donors (Lipinski definition) is 1. The van der Waals surface area contributed by atoms with E-state index in [4.69, 9.17) is 26.0 Å². The summed E-state index contributed by atoms with van der Waals surface area (Å²) in [5.41, 5.74) is 0.734. The standard InChI is InChI=1S/C11H11ClN2O3/c1-7-13-11(14-17-7)6-16-10-3-2-8(5-15)4-9(10)12/h2-4,15H,5-6H2,1H3. The number of halogens is 1. The Morgan fingerprint density at radius 1 is 1.47 bits per heavy atom. The summed E-state index contributed by atoms with van der Waals surface area (Å²) in [6.45, 7) is 1.85. The summed E-state index contributed by atoms with van der Waals surface area (Å²) >= 11 is 5.98. The molecule has 5 nitrogen and oxygen atoms in total. The highest BCUT2D eigenvalue weighted by Crippen LogP contribution is 2.26. The first kappa shape index (κ1) is 11.9. The van der Waals surface area contributed by atoms with Crippen LogP contribution in [0, 0.1) is 6.92 Å². The van der Waals surface area contributed by atoms with Gasteiger partial charge < -0.3 is 14.4 Å². The molecular weight excluding hydrogens is 244 g/mol. The fourth-order valence-electron chi connectivity index (χ4n) is 1.30. The van der Waals surface area contributed by atoms with Crippen molar-refractivity contribution >= 4 is 11.6 Å². The van der Waals surface area contributed by atoms with Crippen LogP contribution in [-0.2, 0) is 13.2 Å². The number of aryl methyl sites for hydroxylation is 1. The second kappa shape index (κ2) is 5.16. The number of aromatic nitrogens is 2. The van der Waals surface area contributed by atoms with Crippen molar-refractivity contribution in [3.05, 3.63) is 40.5 Å². The smallest absolute Gasteiger partial charge is 0.223 e. The lowest BCUT2D eigenvalue weighted by molar-refractivity contribution is 0.278. The van der Waals surface area contributed by atoms with Crippen LogP contribution >= 0.6 is 11.6 Å². The third-order valence-corrected chi connectivity index (χ3v) is 2.40. The van der Waals surface area contributed by atoms with Crippen LogP contribution in [0.3, 0.4) is 0 Å². The molecule has 0 spiro atoms. The first-order valence-corrected chi connectivity index (χ1v) is 5.38. The number of aliphatic hydroxyl groups is 1. The van der Waals surface area contributed by atoms with E-state index in [0.29, 0.717) is 22.5 Å². The zero-order valence-electron chi connectivity index (χ0n) is 9.18. The third kappa shape index (κ3) is 2.95. The highest BCUT2D eigenvalue weighted by Gasteiger charge is 2.06. The Morgan fingerprint density at radius 3 is 2.88 bits per heavy atom. The maximum atomic E-state index is 8.93. The number of ether oxygens (including phenoxy) is 1. The molecule has 0 saturated carbocycles. The van der Waals surface area contributed by atoms with Crippen molar-refractivity contribution in [2.75, 3.05) is 0 Å². The van der Waals surface area contributed by atoms with E-state index in [1.165, 1.54) is 0 Å². The second-order valence-corrected chi connectivity index (χ2v) is 3.85. The number of nitrogens with zero attached hydrogens (tertiary/aromatic N) is 2. The van der Waals surface area contributed by atoms with Crippen LogP contribution < -0.4 is 4.74 Å². The molecule has 0 aliphatic carbocycles. The van der Waals surface area contributed by atoms with Gasteiger partial charge in [-0.15, -0.1) is 0 Å². The van der Waals surface area contributed by atoms with E-state index in [0.717, 1.165) is 5.56 Å². The molecule has 90 valence electrons. The first-order valence-electron chi connectivity index (χ1n) is 5.00. The van der Waals surface area contributed by atoms with Crippen molar-refractivity contribution in [3.8, 4) is 5.75 Å². The van der Waals surface area contributed by atoms with Gasteiger partial charge in [-0.1, -0.05) is 22.8 Å². The molecular formula is C11H11ClN2O3. The van der Waals surface area contributed by atoms with Gasteiger partial charge in [0.2, 0.25) is 11.7 Å². The molecule has 6 heteroatoms. The van der Waals surface area contributed by atoms with E-state index in [2.05, 4.69) is 10.1 Å². The predicted molar refractivity (Wildman–Crippen MR) is 60.7 cm³/mol. The average Bonchev–Trinajstić information content (AvgIpc) is 2.73. The van der Waals surface area contributed by atoms with Crippen LogP contribution in [0.4, 0.5) is 0 Å². The summed E-state index contributed by atoms with van der Waals surface area (Å²) < 4.78 is 10.2. The molecule has 0 fully saturated rings. The number of benzene rings is 1. The lowest BCUT2D eigenvalue weighted by Gasteiger charge is -2.06. The predicted octanol–water partition coefficient (Wildman–Crippen LogP) is 2.10. The maximum absolute atomic E-state index is 8.93. The zero-order chi connectivity index (χ0) is 12.3. The Kier molecular flexibility index (Phi) is 3.61. The van der Waals surface area contributed by atoms with Gasteiger partial charge in [-0.2, -0.15) is 4.98 Å². The topological polar surface area (TPSA) is 68.4 Å². The highest BCUT2D eigenvalue weighted by molar-refractivity contribution is 6.32. The van der Waals surface area contributed by atoms with E-state index in [1.807, 2.05) is 0 Å². The Hall–Kier alpha value is -1.59. The fraction of sp³-hybridized carbons (Fsp3) is 0.273. The fourth-order valence-corrected chi connectivity index (χ4v) is 1.56. The summed E-state index contributed by atoms with van der Waals surface area (Å²) in [6, 6.07) is 5.09. The van der Waals surface area contributed by atoms with Crippen molar-refractivity contribution in [1.29, 1.82) is 0 Å². The molecule has 0 aliphatic heterocycles. The van der Waals surface area contributed by atoms with E-state index >= 15 is 0 Å². The van der Waals surface area contributed by atoms with Crippen molar-refractivity contribution in [1.82, 2.24) is 10.1 Å². The molecule has 0 saturated heterocycles. The third-order valence-electron chi connectivity index (χ3n) is 2.11. The van der Waals surface area contributed by atoms with E-state index in [1.54, 1.807) is 25.1 Å². The van der Waals surface area contributed by atoms with Crippen LogP contribution in [0.25, 0.3) is 0 Å². The normalized spacial score (nSPS) is 10.5. The van der Waals surface area contributed by atoms with Crippen LogP contribution in [-0.4, -0.2) is 15.2 Å². The second-order valence-electron chi connectivity index (χ2n) is 3.44. The van der Waals surface area contributed by atoms with Gasteiger partial charge >= 0.3 is 0 Å². The van der Waals surface area contributed by atoms with Gasteiger partial charge in [0.15, 0.2) is 6.61 Å². The molecule has 0 aliphatic rings. The number of hydrogen-bond acceptors (Lipinski definition) is 5. The van der Waals surface area contributed by atoms with Gasteiger partial charge in [0.1, 0.15) is 5.75 Å². The van der Waals surface area contributed by atoms with Gasteiger partial charge in [0.25, 0.3) is 0 Å². The van der Waals surface area contributed by atoms with E-state index in [9.17, 15) is 0 Å². The quantitative estimate of drug-likeness (QED) is 0.905. The molecule has 1 aromatic carbocycles. The molecule has 0 amide bonds. The Labute approximate surface area is 103 Å². The number of rotatable bonds is 4. The summed E-state index contributed by atoms with van der Waals surface area (Å²) in [4.78, 5) is 4.00. The lowest BCUT2D eigenvalue weighted by Crippen LogP contribution is -1.98. The Bertz CT molecular complexity index is 513. The van der Waals surface area contributed by atoms with Gasteiger partial charge in [0, 0.05) is 6.92 Å². The van der Waals surface area contributed by atoms with Gasteiger partial charge in [-0.25, -0.2) is 0 Å². The van der Waals surface area contributed by atoms with Crippen LogP contribution in [0.15, 0.2) is 22.7 Å². The van der Waals surface area contributed by atoms with Crippen LogP contribution in [0.1, 0.15) is 17.3 Å². The molecule has 0 radical (unpaired) electrons. The van der Waals surface area contributed by atoms with E-state index < -0.39 is 0 Å². The monoisotopic (exact) mass is 254 g/mol. The van der Waals surface area contributed by atoms with Gasteiger partial charge in [-0.05, 0) is 17.7 Å². The summed E-state index contributed by atoms with van der Waals surface area (Å²) in [5, 5.41) is 13.1. The lowest BCUT2D eigenvalue weighted by atomic mass is 10.2. The van der Waals surface area contributed by atoms with Gasteiger partial charge in [-0.3, -0.25) is 0 Å². The molecule has 0 atom stereocenters. The molecule has 0 unspecified atom stereocenters. The van der Waals surface area contributed by atoms with Crippen molar-refractivity contribution in [2.45, 2.75) is 20.1 Å². The molecule has 2 aromatic rings. The summed E-state index contributed by atoms with van der Waals surface area (Å²) in [5.74, 6) is 1.47. The molecule has 1 N–H and O–H groups in total.